The number of carbonyl (C=O) groups excluding carboxylic acids is 1. The summed E-state index contributed by atoms with van der Waals surface area (Å²) in [6, 6.07) is 19.8. The maximum absolute atomic E-state index is 13.7. The summed E-state index contributed by atoms with van der Waals surface area (Å²) >= 11 is 0. The lowest BCUT2D eigenvalue weighted by molar-refractivity contribution is -0.124. The van der Waals surface area contributed by atoms with Gasteiger partial charge in [-0.3, -0.25) is 4.79 Å². The second kappa shape index (κ2) is 11.9. The third-order valence-corrected chi connectivity index (χ3v) is 7.92. The van der Waals surface area contributed by atoms with Crippen LogP contribution in [0.2, 0.25) is 0 Å². The maximum atomic E-state index is 13.7. The van der Waals surface area contributed by atoms with Gasteiger partial charge in [0.25, 0.3) is 0 Å². The van der Waals surface area contributed by atoms with Gasteiger partial charge in [0, 0.05) is 12.6 Å². The molecule has 1 saturated carbocycles. The van der Waals surface area contributed by atoms with Crippen molar-refractivity contribution in [3.8, 4) is 0 Å². The van der Waals surface area contributed by atoms with Crippen LogP contribution in [0.5, 0.6) is 0 Å². The number of aromatic nitrogens is 3. The molecule has 2 aromatic carbocycles. The van der Waals surface area contributed by atoms with Crippen molar-refractivity contribution in [1.29, 1.82) is 0 Å². The van der Waals surface area contributed by atoms with Crippen molar-refractivity contribution < 1.29 is 9.90 Å². The van der Waals surface area contributed by atoms with Gasteiger partial charge < -0.3 is 15.0 Å². The number of aliphatic hydroxyl groups excluding tert-OH is 1. The first kappa shape index (κ1) is 26.1. The number of rotatable bonds is 10. The van der Waals surface area contributed by atoms with Gasteiger partial charge in [-0.05, 0) is 60.4 Å². The molecular weight excluding hydrogens is 472 g/mol. The van der Waals surface area contributed by atoms with Crippen molar-refractivity contribution in [2.45, 2.75) is 70.9 Å². The van der Waals surface area contributed by atoms with E-state index >= 15 is 0 Å². The average Bonchev–Trinajstić information content (AvgIpc) is 3.59. The monoisotopic (exact) mass is 510 g/mol. The van der Waals surface area contributed by atoms with Crippen LogP contribution < -0.4 is 5.32 Å². The molecule has 1 amide bonds. The van der Waals surface area contributed by atoms with E-state index < -0.39 is 6.04 Å². The van der Waals surface area contributed by atoms with Gasteiger partial charge in [0.05, 0.1) is 25.1 Å². The van der Waals surface area contributed by atoms with E-state index in [2.05, 4.69) is 53.0 Å². The van der Waals surface area contributed by atoms with Crippen molar-refractivity contribution in [1.82, 2.24) is 19.9 Å². The largest absolute Gasteiger partial charge is 0.394 e. The molecule has 2 heterocycles. The van der Waals surface area contributed by atoms with E-state index in [0.717, 1.165) is 77.8 Å². The summed E-state index contributed by atoms with van der Waals surface area (Å²) in [5, 5.41) is 13.2. The van der Waals surface area contributed by atoms with Crippen LogP contribution in [0.25, 0.3) is 11.2 Å². The molecule has 0 aliphatic heterocycles. The molecule has 1 fully saturated rings. The molecule has 0 radical (unpaired) electrons. The van der Waals surface area contributed by atoms with Crippen LogP contribution in [0.1, 0.15) is 79.1 Å². The van der Waals surface area contributed by atoms with E-state index in [1.807, 2.05) is 42.6 Å². The Hall–Kier alpha value is -3.51. The normalized spacial score (nSPS) is 15.6. The first-order valence-electron chi connectivity index (χ1n) is 13.9. The first-order chi connectivity index (χ1) is 18.6. The van der Waals surface area contributed by atoms with Gasteiger partial charge in [0.2, 0.25) is 5.91 Å². The fourth-order valence-corrected chi connectivity index (χ4v) is 5.89. The Bertz CT molecular complexity index is 1360. The number of amides is 1. The molecule has 1 aliphatic carbocycles. The summed E-state index contributed by atoms with van der Waals surface area (Å²) in [6.07, 6.45) is 8.23. The topological polar surface area (TPSA) is 80.0 Å². The number of imidazole rings is 1. The summed E-state index contributed by atoms with van der Waals surface area (Å²) in [4.78, 5) is 23.2. The molecule has 38 heavy (non-hydrogen) atoms. The maximum Gasteiger partial charge on any atom is 0.228 e. The summed E-state index contributed by atoms with van der Waals surface area (Å²) in [5.74, 6) is 1.15. The van der Waals surface area contributed by atoms with Crippen molar-refractivity contribution in [2.24, 2.45) is 5.92 Å². The second-order valence-electron chi connectivity index (χ2n) is 10.6. The molecule has 0 unspecified atom stereocenters. The third kappa shape index (κ3) is 5.51. The Morgan fingerprint density at radius 2 is 1.79 bits per heavy atom. The van der Waals surface area contributed by atoms with Crippen LogP contribution in [-0.4, -0.2) is 32.2 Å². The molecule has 2 N–H and O–H groups in total. The molecule has 0 saturated heterocycles. The van der Waals surface area contributed by atoms with E-state index in [0.29, 0.717) is 12.5 Å². The predicted octanol–water partition coefficient (Wildman–Crippen LogP) is 5.86. The Morgan fingerprint density at radius 3 is 2.47 bits per heavy atom. The summed E-state index contributed by atoms with van der Waals surface area (Å²) in [5.41, 5.74) is 6.17. The molecular formula is C32H38N4O2. The number of aryl methyl sites for hydroxylation is 2. The zero-order valence-electron chi connectivity index (χ0n) is 22.4. The lowest BCUT2D eigenvalue weighted by Crippen LogP contribution is -2.37. The quantitative estimate of drug-likeness (QED) is 0.280. The van der Waals surface area contributed by atoms with Crippen LogP contribution in [0.3, 0.4) is 0 Å². The lowest BCUT2D eigenvalue weighted by atomic mass is 9.83. The number of hydrogen-bond donors (Lipinski definition) is 2. The van der Waals surface area contributed by atoms with Gasteiger partial charge in [-0.15, -0.1) is 0 Å². The van der Waals surface area contributed by atoms with Gasteiger partial charge >= 0.3 is 0 Å². The number of nitrogens with one attached hydrogen (secondary N) is 1. The van der Waals surface area contributed by atoms with E-state index in [1.165, 1.54) is 0 Å². The molecule has 0 bridgehead atoms. The number of hydrogen-bond acceptors (Lipinski definition) is 4. The highest BCUT2D eigenvalue weighted by Gasteiger charge is 2.33. The second-order valence-corrected chi connectivity index (χ2v) is 10.6. The Morgan fingerprint density at radius 1 is 1.05 bits per heavy atom. The fraction of sp³-hybridized carbons (Fsp3) is 0.406. The fourth-order valence-electron chi connectivity index (χ4n) is 5.89. The standard InChI is InChI=1S/C32H38N4O2/c1-3-9-28-35-30-22(2)18-19-33-31(30)36(28)20-23-14-16-26(17-15-23)29(25-12-7-8-13-25)32(38)34-27(21-37)24-10-5-4-6-11-24/h4-6,10-11,14-19,25,27,29,37H,3,7-9,12-13,20-21H2,1-2H3,(H,34,38)/t27-,29-/m0/s1. The molecule has 1 aliphatic rings. The van der Waals surface area contributed by atoms with Crippen LogP contribution >= 0.6 is 0 Å². The van der Waals surface area contributed by atoms with Crippen LogP contribution in [0.4, 0.5) is 0 Å². The molecule has 5 rings (SSSR count). The number of fused-ring (bicyclic) bond motifs is 1. The SMILES string of the molecule is CCCc1nc2c(C)ccnc2n1Cc1ccc([C@@H](C(=O)N[C@@H](CO)c2ccccc2)C2CCCC2)cc1. The molecule has 2 atom stereocenters. The molecule has 6 heteroatoms. The molecule has 4 aromatic rings. The minimum Gasteiger partial charge on any atom is -0.394 e. The Balaban J connectivity index is 1.40. The number of benzene rings is 2. The highest BCUT2D eigenvalue weighted by molar-refractivity contribution is 5.84. The molecule has 198 valence electrons. The van der Waals surface area contributed by atoms with E-state index in [-0.39, 0.29) is 18.4 Å². The van der Waals surface area contributed by atoms with Gasteiger partial charge in [0.1, 0.15) is 11.3 Å². The smallest absolute Gasteiger partial charge is 0.228 e. The zero-order valence-corrected chi connectivity index (χ0v) is 22.4. The van der Waals surface area contributed by atoms with Crippen molar-refractivity contribution in [2.75, 3.05) is 6.61 Å². The van der Waals surface area contributed by atoms with E-state index in [9.17, 15) is 9.90 Å². The number of aliphatic hydroxyl groups is 1. The molecule has 2 aromatic heterocycles. The van der Waals surface area contributed by atoms with Crippen molar-refractivity contribution in [3.63, 3.8) is 0 Å². The highest BCUT2D eigenvalue weighted by Crippen LogP contribution is 2.38. The van der Waals surface area contributed by atoms with Gasteiger partial charge in [0.15, 0.2) is 5.65 Å². The Kier molecular flexibility index (Phi) is 8.18. The zero-order chi connectivity index (χ0) is 26.5. The summed E-state index contributed by atoms with van der Waals surface area (Å²) < 4.78 is 2.23. The van der Waals surface area contributed by atoms with Crippen LogP contribution in [0, 0.1) is 12.8 Å². The Labute approximate surface area is 225 Å². The summed E-state index contributed by atoms with van der Waals surface area (Å²) in [7, 11) is 0. The van der Waals surface area contributed by atoms with Crippen molar-refractivity contribution in [3.05, 3.63) is 94.9 Å². The van der Waals surface area contributed by atoms with Gasteiger partial charge in [-0.25, -0.2) is 9.97 Å². The van der Waals surface area contributed by atoms with E-state index in [4.69, 9.17) is 4.98 Å². The van der Waals surface area contributed by atoms with Crippen LogP contribution in [-0.2, 0) is 17.8 Å². The molecule has 6 nitrogen and oxygen atoms in total. The number of nitrogens with zero attached hydrogens (tertiary/aromatic N) is 3. The third-order valence-electron chi connectivity index (χ3n) is 7.92. The van der Waals surface area contributed by atoms with Crippen LogP contribution in [0.15, 0.2) is 66.9 Å². The van der Waals surface area contributed by atoms with Crippen molar-refractivity contribution >= 4 is 17.1 Å². The van der Waals surface area contributed by atoms with Gasteiger partial charge in [-0.1, -0.05) is 74.4 Å². The first-order valence-corrected chi connectivity index (χ1v) is 13.9. The minimum absolute atomic E-state index is 0.00179. The molecule has 0 spiro atoms. The van der Waals surface area contributed by atoms with Gasteiger partial charge in [-0.2, -0.15) is 0 Å². The lowest BCUT2D eigenvalue weighted by Gasteiger charge is -2.26. The minimum atomic E-state index is -0.408. The number of pyridine rings is 1. The highest BCUT2D eigenvalue weighted by atomic mass is 16.3. The summed E-state index contributed by atoms with van der Waals surface area (Å²) in [6.45, 7) is 4.83. The van der Waals surface area contributed by atoms with E-state index in [1.54, 1.807) is 0 Å². The predicted molar refractivity (Wildman–Crippen MR) is 151 cm³/mol. The number of carbonyl (C=O) groups is 1. The average molecular weight is 511 g/mol.